The molecule has 0 spiro atoms. The van der Waals surface area contributed by atoms with Gasteiger partial charge in [-0.2, -0.15) is 0 Å². The molecule has 0 radical (unpaired) electrons. The Morgan fingerprint density at radius 1 is 1.42 bits per heavy atom. The first-order valence-electron chi connectivity index (χ1n) is 7.19. The van der Waals surface area contributed by atoms with Crippen LogP contribution < -0.4 is 0 Å². The predicted molar refractivity (Wildman–Crippen MR) is 74.7 cm³/mol. The van der Waals surface area contributed by atoms with E-state index in [1.807, 2.05) is 30.4 Å². The van der Waals surface area contributed by atoms with E-state index in [1.54, 1.807) is 0 Å². The van der Waals surface area contributed by atoms with Crippen LogP contribution in [0.25, 0.3) is 0 Å². The predicted octanol–water partition coefficient (Wildman–Crippen LogP) is 1.96. The summed E-state index contributed by atoms with van der Waals surface area (Å²) < 4.78 is 0. The van der Waals surface area contributed by atoms with E-state index in [2.05, 4.69) is 4.98 Å². The summed E-state index contributed by atoms with van der Waals surface area (Å²) in [5, 5.41) is 9.13. The molecule has 0 aromatic carbocycles. The summed E-state index contributed by atoms with van der Waals surface area (Å²) in [6.45, 7) is 0.290. The van der Waals surface area contributed by atoms with E-state index in [4.69, 9.17) is 5.11 Å². The first-order chi connectivity index (χ1) is 9.20. The quantitative estimate of drug-likeness (QED) is 0.854. The van der Waals surface area contributed by atoms with Gasteiger partial charge >= 0.3 is 0 Å². The Morgan fingerprint density at radius 2 is 2.16 bits per heavy atom. The average molecular weight is 264 g/mol. The van der Waals surface area contributed by atoms with E-state index in [0.717, 1.165) is 32.1 Å². The lowest BCUT2D eigenvalue weighted by molar-refractivity contribution is -0.132. The topological polar surface area (TPSA) is 56.3 Å². The summed E-state index contributed by atoms with van der Waals surface area (Å²) in [5.74, 6) is 0.674. The molecule has 1 amide bonds. The van der Waals surface area contributed by atoms with Gasteiger partial charge in [0.05, 0.1) is 0 Å². The molecule has 1 fully saturated rings. The fourth-order valence-corrected chi connectivity index (χ4v) is 2.86. The van der Waals surface area contributed by atoms with Crippen molar-refractivity contribution in [2.75, 3.05) is 13.7 Å². The second-order valence-electron chi connectivity index (χ2n) is 5.58. The Hall–Kier alpha value is -1.29. The Bertz CT molecular complexity index is 381. The van der Waals surface area contributed by atoms with Crippen molar-refractivity contribution in [2.24, 2.45) is 5.92 Å². The lowest BCUT2D eigenvalue weighted by Gasteiger charge is -2.34. The Labute approximate surface area is 114 Å². The van der Waals surface area contributed by atoms with Crippen molar-refractivity contribution >= 4 is 5.91 Å². The third-order valence-corrected chi connectivity index (χ3v) is 4.31. The lowest BCUT2D eigenvalue weighted by Crippen LogP contribution is -2.39. The molecule has 1 heterocycles. The summed E-state index contributed by atoms with van der Waals surface area (Å²) in [6, 6.07) is 2.38. The van der Waals surface area contributed by atoms with E-state index in [1.165, 1.54) is 5.56 Å². The number of aryl methyl sites for hydroxylation is 1. The minimum Gasteiger partial charge on any atom is -0.396 e. The molecule has 4 nitrogen and oxygen atoms in total. The third-order valence-electron chi connectivity index (χ3n) is 4.31. The minimum absolute atomic E-state index is 0.230. The summed E-state index contributed by atoms with van der Waals surface area (Å²) in [4.78, 5) is 17.1. The maximum absolute atomic E-state index is 12.2. The molecule has 0 unspecified atom stereocenters. The van der Waals surface area contributed by atoms with Crippen molar-refractivity contribution in [3.63, 3.8) is 0 Å². The zero-order valence-electron chi connectivity index (χ0n) is 11.6. The Kier molecular flexibility index (Phi) is 5.02. The standard InChI is InChI=1S/C15H24N2O2/c1-17(14-5-2-13(11-18)3-6-14)15(19)7-4-12-8-9-16-10-12/h8-10,13-14,16,18H,2-7,11H2,1H3. The molecule has 1 aliphatic rings. The number of carbonyl (C=O) groups is 1. The van der Waals surface area contributed by atoms with Crippen LogP contribution >= 0.6 is 0 Å². The summed E-state index contributed by atoms with van der Waals surface area (Å²) in [7, 11) is 1.92. The molecule has 1 saturated carbocycles. The van der Waals surface area contributed by atoms with Gasteiger partial charge in [-0.05, 0) is 49.7 Å². The minimum atomic E-state index is 0.230. The number of aromatic nitrogens is 1. The number of rotatable bonds is 5. The van der Waals surface area contributed by atoms with Crippen molar-refractivity contribution in [3.8, 4) is 0 Å². The number of hydrogen-bond acceptors (Lipinski definition) is 2. The molecule has 106 valence electrons. The SMILES string of the molecule is CN(C(=O)CCc1cc[nH]c1)C1CCC(CO)CC1. The highest BCUT2D eigenvalue weighted by atomic mass is 16.3. The molecule has 2 N–H and O–H groups in total. The molecule has 4 heteroatoms. The molecule has 19 heavy (non-hydrogen) atoms. The van der Waals surface area contributed by atoms with Gasteiger partial charge in [-0.1, -0.05) is 0 Å². The van der Waals surface area contributed by atoms with Gasteiger partial charge < -0.3 is 15.0 Å². The summed E-state index contributed by atoms with van der Waals surface area (Å²) in [5.41, 5.74) is 1.19. The molecular weight excluding hydrogens is 240 g/mol. The van der Waals surface area contributed by atoms with Crippen LogP contribution in [0.3, 0.4) is 0 Å². The smallest absolute Gasteiger partial charge is 0.222 e. The molecule has 0 atom stereocenters. The van der Waals surface area contributed by atoms with Crippen molar-refractivity contribution < 1.29 is 9.90 Å². The maximum atomic E-state index is 12.2. The highest BCUT2D eigenvalue weighted by molar-refractivity contribution is 5.76. The zero-order valence-corrected chi connectivity index (χ0v) is 11.6. The van der Waals surface area contributed by atoms with Gasteiger partial charge in [0.25, 0.3) is 0 Å². The van der Waals surface area contributed by atoms with Gasteiger partial charge in [-0.15, -0.1) is 0 Å². The molecule has 0 bridgehead atoms. The van der Waals surface area contributed by atoms with E-state index < -0.39 is 0 Å². The average Bonchev–Trinajstić information content (AvgIpc) is 2.97. The van der Waals surface area contributed by atoms with E-state index in [9.17, 15) is 4.79 Å². The number of amides is 1. The van der Waals surface area contributed by atoms with Crippen LogP contribution in [0.2, 0.25) is 0 Å². The number of aromatic amines is 1. The number of aliphatic hydroxyl groups is 1. The van der Waals surface area contributed by atoms with Gasteiger partial charge in [0.1, 0.15) is 0 Å². The van der Waals surface area contributed by atoms with Crippen LogP contribution in [0.4, 0.5) is 0 Å². The lowest BCUT2D eigenvalue weighted by atomic mass is 9.86. The van der Waals surface area contributed by atoms with Crippen molar-refractivity contribution in [2.45, 2.75) is 44.6 Å². The summed E-state index contributed by atoms with van der Waals surface area (Å²) >= 11 is 0. The molecule has 2 rings (SSSR count). The van der Waals surface area contributed by atoms with Crippen LogP contribution in [0.5, 0.6) is 0 Å². The number of H-pyrrole nitrogens is 1. The third kappa shape index (κ3) is 3.83. The largest absolute Gasteiger partial charge is 0.396 e. The Morgan fingerprint density at radius 3 is 2.74 bits per heavy atom. The van der Waals surface area contributed by atoms with E-state index in [-0.39, 0.29) is 12.5 Å². The Balaban J connectivity index is 1.76. The maximum Gasteiger partial charge on any atom is 0.222 e. The van der Waals surface area contributed by atoms with Crippen molar-refractivity contribution in [1.29, 1.82) is 0 Å². The first-order valence-corrected chi connectivity index (χ1v) is 7.19. The van der Waals surface area contributed by atoms with Crippen molar-refractivity contribution in [1.82, 2.24) is 9.88 Å². The number of nitrogens with one attached hydrogen (secondary N) is 1. The molecule has 1 aromatic rings. The molecule has 1 aliphatic carbocycles. The fraction of sp³-hybridized carbons (Fsp3) is 0.667. The van der Waals surface area contributed by atoms with Crippen LogP contribution in [0.1, 0.15) is 37.7 Å². The van der Waals surface area contributed by atoms with Crippen molar-refractivity contribution in [3.05, 3.63) is 24.0 Å². The van der Waals surface area contributed by atoms with Crippen LogP contribution in [0.15, 0.2) is 18.5 Å². The second kappa shape index (κ2) is 6.75. The normalized spacial score (nSPS) is 23.3. The zero-order chi connectivity index (χ0) is 13.7. The van der Waals surface area contributed by atoms with E-state index >= 15 is 0 Å². The number of aliphatic hydroxyl groups excluding tert-OH is 1. The van der Waals surface area contributed by atoms with Gasteiger partial charge in [0, 0.05) is 38.5 Å². The number of hydrogen-bond donors (Lipinski definition) is 2. The van der Waals surface area contributed by atoms with Gasteiger partial charge in [0.2, 0.25) is 5.91 Å². The van der Waals surface area contributed by atoms with Crippen LogP contribution in [0, 0.1) is 5.92 Å². The molecule has 1 aromatic heterocycles. The number of nitrogens with zero attached hydrogens (tertiary/aromatic N) is 1. The first kappa shape index (κ1) is 14.1. The van der Waals surface area contributed by atoms with Crippen LogP contribution in [-0.2, 0) is 11.2 Å². The van der Waals surface area contributed by atoms with Gasteiger partial charge in [0.15, 0.2) is 0 Å². The van der Waals surface area contributed by atoms with Crippen LogP contribution in [-0.4, -0.2) is 40.6 Å². The van der Waals surface area contributed by atoms with Gasteiger partial charge in [-0.25, -0.2) is 0 Å². The fourth-order valence-electron chi connectivity index (χ4n) is 2.86. The number of carbonyl (C=O) groups excluding carboxylic acids is 1. The monoisotopic (exact) mass is 264 g/mol. The second-order valence-corrected chi connectivity index (χ2v) is 5.58. The molecule has 0 saturated heterocycles. The highest BCUT2D eigenvalue weighted by Gasteiger charge is 2.25. The van der Waals surface area contributed by atoms with Gasteiger partial charge in [-0.3, -0.25) is 4.79 Å². The van der Waals surface area contributed by atoms with E-state index in [0.29, 0.717) is 18.4 Å². The highest BCUT2D eigenvalue weighted by Crippen LogP contribution is 2.27. The molecular formula is C15H24N2O2. The summed E-state index contributed by atoms with van der Waals surface area (Å²) in [6.07, 6.45) is 9.34. The molecule has 0 aliphatic heterocycles.